The minimum atomic E-state index is -0.418. The number of halogens is 2. The third-order valence-electron chi connectivity index (χ3n) is 2.83. The summed E-state index contributed by atoms with van der Waals surface area (Å²) in [7, 11) is 0. The van der Waals surface area contributed by atoms with Crippen LogP contribution in [0.15, 0.2) is 22.7 Å². The van der Waals surface area contributed by atoms with E-state index in [0.717, 1.165) is 13.0 Å². The van der Waals surface area contributed by atoms with Gasteiger partial charge < -0.3 is 10.6 Å². The maximum atomic E-state index is 13.2. The Morgan fingerprint density at radius 1 is 1.39 bits per heavy atom. The lowest BCUT2D eigenvalue weighted by Crippen LogP contribution is -2.28. The summed E-state index contributed by atoms with van der Waals surface area (Å²) in [5, 5.41) is 6.15. The van der Waals surface area contributed by atoms with E-state index >= 15 is 0 Å². The van der Waals surface area contributed by atoms with E-state index in [1.54, 1.807) is 12.1 Å². The van der Waals surface area contributed by atoms with Crippen molar-refractivity contribution in [2.75, 3.05) is 13.1 Å². The van der Waals surface area contributed by atoms with Crippen LogP contribution in [-0.2, 0) is 0 Å². The third-order valence-corrected chi connectivity index (χ3v) is 3.47. The van der Waals surface area contributed by atoms with Gasteiger partial charge in [-0.3, -0.25) is 4.79 Å². The summed E-state index contributed by atoms with van der Waals surface area (Å²) in [6.45, 7) is 1.52. The minimum absolute atomic E-state index is 0.229. The quantitative estimate of drug-likeness (QED) is 0.792. The van der Waals surface area contributed by atoms with Crippen LogP contribution in [0.3, 0.4) is 0 Å². The van der Waals surface area contributed by atoms with Gasteiger partial charge in [-0.15, -0.1) is 0 Å². The number of carbonyl (C=O) groups excluding carboxylic acids is 1. The number of carbonyl (C=O) groups is 1. The Morgan fingerprint density at radius 2 is 2.17 bits per heavy atom. The summed E-state index contributed by atoms with van der Waals surface area (Å²) in [5.74, 6) is -0.647. The van der Waals surface area contributed by atoms with Crippen molar-refractivity contribution >= 4 is 21.8 Å². The predicted molar refractivity (Wildman–Crippen MR) is 72.1 cm³/mol. The lowest BCUT2D eigenvalue weighted by atomic mass is 10.2. The SMILES string of the molecule is O=C(NCCCNC1CC1)c1ccc(Br)c(F)c1. The number of hydrogen-bond donors (Lipinski definition) is 2. The Hall–Kier alpha value is -0.940. The second-order valence-electron chi connectivity index (χ2n) is 4.47. The van der Waals surface area contributed by atoms with Gasteiger partial charge in [0.05, 0.1) is 4.47 Å². The number of hydrogen-bond acceptors (Lipinski definition) is 2. The molecule has 98 valence electrons. The molecule has 0 spiro atoms. The Morgan fingerprint density at radius 3 is 2.83 bits per heavy atom. The van der Waals surface area contributed by atoms with Crippen molar-refractivity contribution < 1.29 is 9.18 Å². The molecule has 2 rings (SSSR count). The Bertz CT molecular complexity index is 435. The molecule has 0 aromatic heterocycles. The first-order chi connectivity index (χ1) is 8.66. The first-order valence-corrected chi connectivity index (χ1v) is 6.93. The van der Waals surface area contributed by atoms with Gasteiger partial charge in [0.15, 0.2) is 0 Å². The first-order valence-electron chi connectivity index (χ1n) is 6.13. The molecule has 0 radical (unpaired) electrons. The molecule has 0 bridgehead atoms. The summed E-state index contributed by atoms with van der Waals surface area (Å²) in [5.41, 5.74) is 0.353. The van der Waals surface area contributed by atoms with Crippen LogP contribution in [0.1, 0.15) is 29.6 Å². The summed E-state index contributed by atoms with van der Waals surface area (Å²) < 4.78 is 13.6. The maximum absolute atomic E-state index is 13.2. The Balaban J connectivity index is 1.70. The highest BCUT2D eigenvalue weighted by molar-refractivity contribution is 9.10. The van der Waals surface area contributed by atoms with E-state index in [2.05, 4.69) is 26.6 Å². The highest BCUT2D eigenvalue weighted by Gasteiger charge is 2.19. The average Bonchev–Trinajstić information content (AvgIpc) is 3.16. The molecule has 5 heteroatoms. The lowest BCUT2D eigenvalue weighted by Gasteiger charge is -2.06. The molecule has 1 amide bonds. The minimum Gasteiger partial charge on any atom is -0.352 e. The fraction of sp³-hybridized carbons (Fsp3) is 0.462. The number of amides is 1. The average molecular weight is 315 g/mol. The van der Waals surface area contributed by atoms with Crippen molar-refractivity contribution in [2.45, 2.75) is 25.3 Å². The largest absolute Gasteiger partial charge is 0.352 e. The highest BCUT2D eigenvalue weighted by Crippen LogP contribution is 2.18. The van der Waals surface area contributed by atoms with Crippen LogP contribution < -0.4 is 10.6 Å². The number of nitrogens with one attached hydrogen (secondary N) is 2. The molecule has 1 aliphatic carbocycles. The van der Waals surface area contributed by atoms with Crippen molar-refractivity contribution in [1.29, 1.82) is 0 Å². The predicted octanol–water partition coefficient (Wildman–Crippen LogP) is 2.46. The van der Waals surface area contributed by atoms with Crippen LogP contribution in [0, 0.1) is 5.82 Å². The van der Waals surface area contributed by atoms with E-state index in [4.69, 9.17) is 0 Å². The van der Waals surface area contributed by atoms with E-state index in [9.17, 15) is 9.18 Å². The topological polar surface area (TPSA) is 41.1 Å². The molecule has 2 N–H and O–H groups in total. The van der Waals surface area contributed by atoms with Crippen LogP contribution in [-0.4, -0.2) is 25.0 Å². The van der Waals surface area contributed by atoms with Crippen molar-refractivity contribution in [3.8, 4) is 0 Å². The van der Waals surface area contributed by atoms with Gasteiger partial charge in [-0.1, -0.05) is 0 Å². The molecule has 1 aromatic carbocycles. The fourth-order valence-corrected chi connectivity index (χ4v) is 1.87. The van der Waals surface area contributed by atoms with Crippen LogP contribution in [0.25, 0.3) is 0 Å². The van der Waals surface area contributed by atoms with Crippen molar-refractivity contribution in [3.63, 3.8) is 0 Å². The standard InChI is InChI=1S/C13H16BrFN2O/c14-11-5-2-9(8-12(11)15)13(18)17-7-1-6-16-10-3-4-10/h2,5,8,10,16H,1,3-4,6-7H2,(H,17,18). The van der Waals surface area contributed by atoms with Gasteiger partial charge in [0.2, 0.25) is 0 Å². The second kappa shape index (κ2) is 6.29. The summed E-state index contributed by atoms with van der Waals surface area (Å²) in [6.07, 6.45) is 3.43. The molecule has 1 saturated carbocycles. The Labute approximate surface area is 114 Å². The molecule has 0 saturated heterocycles. The van der Waals surface area contributed by atoms with Crippen molar-refractivity contribution in [1.82, 2.24) is 10.6 Å². The summed E-state index contributed by atoms with van der Waals surface area (Å²) >= 11 is 3.06. The van der Waals surface area contributed by atoms with Crippen LogP contribution >= 0.6 is 15.9 Å². The van der Waals surface area contributed by atoms with E-state index in [0.29, 0.717) is 22.6 Å². The van der Waals surface area contributed by atoms with Crippen LogP contribution in [0.5, 0.6) is 0 Å². The van der Waals surface area contributed by atoms with Gasteiger partial charge in [-0.25, -0.2) is 4.39 Å². The third kappa shape index (κ3) is 4.07. The van der Waals surface area contributed by atoms with E-state index in [1.807, 2.05) is 0 Å². The molecule has 0 atom stereocenters. The molecule has 0 aliphatic heterocycles. The molecular formula is C13H16BrFN2O. The number of benzene rings is 1. The van der Waals surface area contributed by atoms with Crippen LogP contribution in [0.4, 0.5) is 4.39 Å². The molecule has 1 fully saturated rings. The first kappa shape index (κ1) is 13.5. The van der Waals surface area contributed by atoms with E-state index < -0.39 is 5.82 Å². The van der Waals surface area contributed by atoms with Crippen LogP contribution in [0.2, 0.25) is 0 Å². The van der Waals surface area contributed by atoms with Gasteiger partial charge in [0.1, 0.15) is 5.82 Å². The van der Waals surface area contributed by atoms with Gasteiger partial charge >= 0.3 is 0 Å². The molecule has 0 unspecified atom stereocenters. The normalized spacial score (nSPS) is 14.6. The van der Waals surface area contributed by atoms with Gasteiger partial charge in [-0.05, 0) is 59.9 Å². The smallest absolute Gasteiger partial charge is 0.251 e. The van der Waals surface area contributed by atoms with Gasteiger partial charge in [0.25, 0.3) is 5.91 Å². The van der Waals surface area contributed by atoms with Gasteiger partial charge in [-0.2, -0.15) is 0 Å². The molecule has 1 aromatic rings. The fourth-order valence-electron chi connectivity index (χ4n) is 1.62. The van der Waals surface area contributed by atoms with Gasteiger partial charge in [0, 0.05) is 18.2 Å². The maximum Gasteiger partial charge on any atom is 0.251 e. The zero-order valence-electron chi connectivity index (χ0n) is 10.0. The van der Waals surface area contributed by atoms with E-state index in [1.165, 1.54) is 18.9 Å². The second-order valence-corrected chi connectivity index (χ2v) is 5.32. The Kier molecular flexibility index (Phi) is 4.72. The zero-order chi connectivity index (χ0) is 13.0. The zero-order valence-corrected chi connectivity index (χ0v) is 11.6. The number of rotatable bonds is 6. The summed E-state index contributed by atoms with van der Waals surface area (Å²) in [4.78, 5) is 11.7. The molecule has 18 heavy (non-hydrogen) atoms. The summed E-state index contributed by atoms with van der Waals surface area (Å²) in [6, 6.07) is 5.08. The molecule has 1 aliphatic rings. The highest BCUT2D eigenvalue weighted by atomic mass is 79.9. The molecule has 3 nitrogen and oxygen atoms in total. The van der Waals surface area contributed by atoms with E-state index in [-0.39, 0.29) is 5.91 Å². The molecule has 0 heterocycles. The molecular weight excluding hydrogens is 299 g/mol. The monoisotopic (exact) mass is 314 g/mol. The van der Waals surface area contributed by atoms with Crippen molar-refractivity contribution in [3.05, 3.63) is 34.1 Å². The lowest BCUT2D eigenvalue weighted by molar-refractivity contribution is 0.0953. The van der Waals surface area contributed by atoms with Crippen molar-refractivity contribution in [2.24, 2.45) is 0 Å².